The van der Waals surface area contributed by atoms with E-state index in [-0.39, 0.29) is 23.7 Å². The number of nitrogens with zero attached hydrogens (tertiary/aromatic N) is 1. The van der Waals surface area contributed by atoms with Crippen LogP contribution in [0.1, 0.15) is 0 Å². The first kappa shape index (κ1) is 7.39. The molecule has 0 bridgehead atoms. The molecule has 66 valence electrons. The molecule has 1 aliphatic carbocycles. The Balaban J connectivity index is 1.94. The first-order valence-electron chi connectivity index (χ1n) is 3.88. The first-order valence-corrected chi connectivity index (χ1v) is 3.88. The van der Waals surface area contributed by atoms with Crippen molar-refractivity contribution in [2.45, 2.75) is 0 Å². The van der Waals surface area contributed by atoms with Gasteiger partial charge in [0, 0.05) is 19.0 Å². The number of likely N-dealkylation sites (tertiary alicyclic amines) is 1. The fourth-order valence-corrected chi connectivity index (χ4v) is 2.10. The van der Waals surface area contributed by atoms with Gasteiger partial charge in [-0.1, -0.05) is 0 Å². The lowest BCUT2D eigenvalue weighted by Crippen LogP contribution is -2.32. The Morgan fingerprint density at radius 3 is 2.17 bits per heavy atom. The molecule has 0 radical (unpaired) electrons. The summed E-state index contributed by atoms with van der Waals surface area (Å²) in [5.41, 5.74) is 5.10. The molecule has 1 unspecified atom stereocenters. The molecule has 2 aliphatic rings. The number of primary amides is 1. The third kappa shape index (κ3) is 0.855. The summed E-state index contributed by atoms with van der Waals surface area (Å²) in [6.07, 6.45) is -0.898. The number of carbonyl (C=O) groups excluding carboxylic acids is 1. The number of carboxylic acid groups (broad SMARTS) is 1. The lowest BCUT2D eigenvalue weighted by atomic mass is 10.2. The molecule has 5 nitrogen and oxygen atoms in total. The molecule has 2 rings (SSSR count). The minimum absolute atomic E-state index is 0.0550. The highest BCUT2D eigenvalue weighted by atomic mass is 16.4. The van der Waals surface area contributed by atoms with Crippen molar-refractivity contribution >= 4 is 12.0 Å². The predicted molar refractivity (Wildman–Crippen MR) is 39.3 cm³/mol. The van der Waals surface area contributed by atoms with E-state index in [2.05, 4.69) is 0 Å². The van der Waals surface area contributed by atoms with Crippen LogP contribution in [0.15, 0.2) is 0 Å². The predicted octanol–water partition coefficient (Wildman–Crippen LogP) is -0.673. The number of amides is 2. The summed E-state index contributed by atoms with van der Waals surface area (Å²) in [6, 6.07) is 0. The van der Waals surface area contributed by atoms with Crippen molar-refractivity contribution in [1.82, 2.24) is 4.90 Å². The van der Waals surface area contributed by atoms with Crippen molar-refractivity contribution in [1.29, 1.82) is 0 Å². The Hall–Kier alpha value is -1.26. The van der Waals surface area contributed by atoms with Crippen LogP contribution >= 0.6 is 0 Å². The van der Waals surface area contributed by atoms with E-state index in [1.807, 2.05) is 0 Å². The number of hydrogen-bond donors (Lipinski definition) is 2. The Morgan fingerprint density at radius 2 is 1.83 bits per heavy atom. The van der Waals surface area contributed by atoms with E-state index < -0.39 is 6.09 Å². The van der Waals surface area contributed by atoms with Crippen LogP contribution < -0.4 is 5.73 Å². The minimum atomic E-state index is -0.898. The zero-order chi connectivity index (χ0) is 8.88. The number of piperidine rings is 1. The molecular formula is C7H10N2O3. The third-order valence-electron chi connectivity index (χ3n) is 2.79. The summed E-state index contributed by atoms with van der Waals surface area (Å²) in [7, 11) is 0. The maximum absolute atomic E-state index is 10.7. The van der Waals surface area contributed by atoms with Gasteiger partial charge >= 0.3 is 6.09 Å². The van der Waals surface area contributed by atoms with Crippen molar-refractivity contribution in [3.05, 3.63) is 0 Å². The smallest absolute Gasteiger partial charge is 0.407 e. The first-order chi connectivity index (χ1) is 5.61. The summed E-state index contributed by atoms with van der Waals surface area (Å²) < 4.78 is 0. The second kappa shape index (κ2) is 2.12. The highest BCUT2D eigenvalue weighted by Gasteiger charge is 2.59. The van der Waals surface area contributed by atoms with Gasteiger partial charge in [0.05, 0.1) is 0 Å². The lowest BCUT2D eigenvalue weighted by Gasteiger charge is -2.14. The highest BCUT2D eigenvalue weighted by molar-refractivity contribution is 5.81. The number of nitrogens with two attached hydrogens (primary N) is 1. The Kier molecular flexibility index (Phi) is 1.31. The van der Waals surface area contributed by atoms with Gasteiger partial charge in [0.2, 0.25) is 5.91 Å². The van der Waals surface area contributed by atoms with E-state index in [1.54, 1.807) is 0 Å². The molecule has 0 spiro atoms. The molecule has 1 saturated carbocycles. The lowest BCUT2D eigenvalue weighted by molar-refractivity contribution is -0.120. The molecule has 2 amide bonds. The number of carbonyl (C=O) groups is 2. The standard InChI is InChI=1S/C7H10N2O3/c8-6(10)5-3-1-9(7(11)12)2-4(3)5/h3-5H,1-2H2,(H2,8,10)(H,11,12)/t3-,4+,5?. The molecular weight excluding hydrogens is 160 g/mol. The van der Waals surface area contributed by atoms with Gasteiger partial charge in [0.15, 0.2) is 0 Å². The average Bonchev–Trinajstić information content (AvgIpc) is 2.48. The number of fused-ring (bicyclic) bond motifs is 1. The van der Waals surface area contributed by atoms with Crippen molar-refractivity contribution in [3.8, 4) is 0 Å². The Morgan fingerprint density at radius 1 is 1.33 bits per heavy atom. The molecule has 0 aromatic rings. The number of rotatable bonds is 1. The molecule has 3 atom stereocenters. The maximum Gasteiger partial charge on any atom is 0.407 e. The van der Waals surface area contributed by atoms with Crippen LogP contribution in [0.2, 0.25) is 0 Å². The SMILES string of the molecule is NC(=O)C1[C@H]2CN(C(=O)O)C[C@@H]12. The van der Waals surface area contributed by atoms with Crippen molar-refractivity contribution in [2.24, 2.45) is 23.5 Å². The van der Waals surface area contributed by atoms with Crippen LogP contribution in [0.25, 0.3) is 0 Å². The van der Waals surface area contributed by atoms with E-state index >= 15 is 0 Å². The Labute approximate surface area is 69.1 Å². The molecule has 2 fully saturated rings. The van der Waals surface area contributed by atoms with E-state index in [9.17, 15) is 9.59 Å². The van der Waals surface area contributed by atoms with E-state index in [0.29, 0.717) is 13.1 Å². The fourth-order valence-electron chi connectivity index (χ4n) is 2.10. The van der Waals surface area contributed by atoms with Gasteiger partial charge in [-0.2, -0.15) is 0 Å². The molecule has 0 aromatic heterocycles. The monoisotopic (exact) mass is 170 g/mol. The quantitative estimate of drug-likeness (QED) is 0.547. The second-order valence-electron chi connectivity index (χ2n) is 3.44. The van der Waals surface area contributed by atoms with Crippen LogP contribution in [0.3, 0.4) is 0 Å². The van der Waals surface area contributed by atoms with Gasteiger partial charge in [-0.05, 0) is 11.8 Å². The minimum Gasteiger partial charge on any atom is -0.465 e. The van der Waals surface area contributed by atoms with Crippen LogP contribution in [0.4, 0.5) is 4.79 Å². The van der Waals surface area contributed by atoms with Gasteiger partial charge in [0.25, 0.3) is 0 Å². The second-order valence-corrected chi connectivity index (χ2v) is 3.44. The summed E-state index contributed by atoms with van der Waals surface area (Å²) in [5.74, 6) is 0.0767. The van der Waals surface area contributed by atoms with Crippen molar-refractivity contribution in [3.63, 3.8) is 0 Å². The fraction of sp³-hybridized carbons (Fsp3) is 0.714. The van der Waals surface area contributed by atoms with Crippen LogP contribution in [-0.2, 0) is 4.79 Å². The van der Waals surface area contributed by atoms with Gasteiger partial charge < -0.3 is 15.7 Å². The van der Waals surface area contributed by atoms with E-state index in [0.717, 1.165) is 0 Å². The third-order valence-corrected chi connectivity index (χ3v) is 2.79. The molecule has 1 heterocycles. The van der Waals surface area contributed by atoms with Crippen molar-refractivity contribution < 1.29 is 14.7 Å². The summed E-state index contributed by atoms with van der Waals surface area (Å²) in [6.45, 7) is 0.960. The highest BCUT2D eigenvalue weighted by Crippen LogP contribution is 2.51. The Bertz CT molecular complexity index is 229. The van der Waals surface area contributed by atoms with E-state index in [4.69, 9.17) is 10.8 Å². The molecule has 0 aromatic carbocycles. The molecule has 3 N–H and O–H groups in total. The van der Waals surface area contributed by atoms with Crippen LogP contribution in [0.5, 0.6) is 0 Å². The number of hydrogen-bond acceptors (Lipinski definition) is 2. The summed E-state index contributed by atoms with van der Waals surface area (Å²) in [4.78, 5) is 22.5. The van der Waals surface area contributed by atoms with Gasteiger partial charge in [0.1, 0.15) is 0 Å². The van der Waals surface area contributed by atoms with Crippen LogP contribution in [0, 0.1) is 17.8 Å². The zero-order valence-corrected chi connectivity index (χ0v) is 6.43. The molecule has 12 heavy (non-hydrogen) atoms. The van der Waals surface area contributed by atoms with Gasteiger partial charge in [-0.25, -0.2) is 4.79 Å². The zero-order valence-electron chi connectivity index (χ0n) is 6.43. The molecule has 1 aliphatic heterocycles. The van der Waals surface area contributed by atoms with Gasteiger partial charge in [-0.15, -0.1) is 0 Å². The summed E-state index contributed by atoms with van der Waals surface area (Å²) in [5, 5.41) is 8.59. The molecule has 1 saturated heterocycles. The topological polar surface area (TPSA) is 83.6 Å². The maximum atomic E-state index is 10.7. The summed E-state index contributed by atoms with van der Waals surface area (Å²) >= 11 is 0. The van der Waals surface area contributed by atoms with Gasteiger partial charge in [-0.3, -0.25) is 4.79 Å². The van der Waals surface area contributed by atoms with Crippen LogP contribution in [-0.4, -0.2) is 35.1 Å². The average molecular weight is 170 g/mol. The largest absolute Gasteiger partial charge is 0.465 e. The van der Waals surface area contributed by atoms with Crippen molar-refractivity contribution in [2.75, 3.05) is 13.1 Å². The normalized spacial score (nSPS) is 37.7. The van der Waals surface area contributed by atoms with E-state index in [1.165, 1.54) is 4.90 Å². The molecule has 5 heteroatoms.